The number of primary amides is 1. The van der Waals surface area contributed by atoms with Crippen molar-refractivity contribution >= 4 is 11.8 Å². The van der Waals surface area contributed by atoms with Crippen molar-refractivity contribution in [3.63, 3.8) is 0 Å². The number of nitrogens with zero attached hydrogens (tertiary/aromatic N) is 2. The summed E-state index contributed by atoms with van der Waals surface area (Å²) in [4.78, 5) is 27.7. The van der Waals surface area contributed by atoms with Crippen LogP contribution in [-0.2, 0) is 19.1 Å². The Balaban J connectivity index is 1.53. The molecule has 1 spiro atoms. The summed E-state index contributed by atoms with van der Waals surface area (Å²) in [6, 6.07) is 0. The van der Waals surface area contributed by atoms with Gasteiger partial charge in [-0.2, -0.15) is 0 Å². The molecule has 3 heterocycles. The molecule has 0 aromatic rings. The van der Waals surface area contributed by atoms with Crippen LogP contribution in [0.1, 0.15) is 25.7 Å². The fraction of sp³-hybridized carbons (Fsp3) is 0.867. The standard InChI is InChI=1S/C15H25N3O4/c16-14(20)12-3-1-6-18(9-12)13(19)10-17-5-2-4-15(11-17)21-7-8-22-15/h12H,1-11H2,(H2,16,20). The molecule has 2 N–H and O–H groups in total. The molecule has 3 rings (SSSR count). The van der Waals surface area contributed by atoms with Crippen molar-refractivity contribution in [1.82, 2.24) is 9.80 Å². The first-order valence-corrected chi connectivity index (χ1v) is 8.15. The zero-order valence-electron chi connectivity index (χ0n) is 13.0. The average molecular weight is 311 g/mol. The van der Waals surface area contributed by atoms with E-state index < -0.39 is 5.79 Å². The van der Waals surface area contributed by atoms with Gasteiger partial charge in [0.15, 0.2) is 5.79 Å². The van der Waals surface area contributed by atoms with Gasteiger partial charge in [0.25, 0.3) is 0 Å². The largest absolute Gasteiger partial charge is 0.369 e. The summed E-state index contributed by atoms with van der Waals surface area (Å²) in [6.07, 6.45) is 3.49. The maximum atomic E-state index is 12.5. The molecule has 3 aliphatic rings. The minimum atomic E-state index is -0.504. The maximum absolute atomic E-state index is 12.5. The molecule has 0 saturated carbocycles. The van der Waals surface area contributed by atoms with Crippen LogP contribution in [0.25, 0.3) is 0 Å². The van der Waals surface area contributed by atoms with E-state index in [1.165, 1.54) is 0 Å². The van der Waals surface area contributed by atoms with Crippen LogP contribution in [0.5, 0.6) is 0 Å². The lowest BCUT2D eigenvalue weighted by atomic mass is 9.97. The third-order valence-corrected chi connectivity index (χ3v) is 4.85. The topological polar surface area (TPSA) is 85.1 Å². The summed E-state index contributed by atoms with van der Waals surface area (Å²) in [6.45, 7) is 4.33. The van der Waals surface area contributed by atoms with Crippen LogP contribution in [-0.4, -0.2) is 73.3 Å². The highest BCUT2D eigenvalue weighted by Crippen LogP contribution is 2.30. The Hall–Kier alpha value is -1.18. The number of carbonyl (C=O) groups excluding carboxylic acids is 2. The second-order valence-electron chi connectivity index (χ2n) is 6.50. The van der Waals surface area contributed by atoms with Gasteiger partial charge < -0.3 is 20.1 Å². The number of piperidine rings is 2. The van der Waals surface area contributed by atoms with Crippen molar-refractivity contribution in [2.24, 2.45) is 11.7 Å². The zero-order chi connectivity index (χ0) is 15.6. The molecule has 2 amide bonds. The lowest BCUT2D eigenvalue weighted by molar-refractivity contribution is -0.190. The molecule has 124 valence electrons. The molecule has 1 atom stereocenters. The van der Waals surface area contributed by atoms with E-state index in [0.29, 0.717) is 39.4 Å². The summed E-state index contributed by atoms with van der Waals surface area (Å²) >= 11 is 0. The number of likely N-dealkylation sites (tertiary alicyclic amines) is 2. The van der Waals surface area contributed by atoms with Crippen molar-refractivity contribution < 1.29 is 19.1 Å². The Morgan fingerprint density at radius 2 is 1.95 bits per heavy atom. The van der Waals surface area contributed by atoms with Gasteiger partial charge in [0.2, 0.25) is 11.8 Å². The number of carbonyl (C=O) groups is 2. The van der Waals surface area contributed by atoms with E-state index in [-0.39, 0.29) is 17.7 Å². The quantitative estimate of drug-likeness (QED) is 0.763. The molecule has 7 heteroatoms. The number of hydrogen-bond donors (Lipinski definition) is 1. The average Bonchev–Trinajstić information content (AvgIpc) is 2.95. The lowest BCUT2D eigenvalue weighted by Gasteiger charge is -2.39. The Kier molecular flexibility index (Phi) is 4.65. The highest BCUT2D eigenvalue weighted by Gasteiger charge is 2.41. The van der Waals surface area contributed by atoms with Gasteiger partial charge in [-0.1, -0.05) is 0 Å². The number of ether oxygens (including phenoxy) is 2. The molecule has 0 aliphatic carbocycles. The maximum Gasteiger partial charge on any atom is 0.236 e. The molecule has 22 heavy (non-hydrogen) atoms. The van der Waals surface area contributed by atoms with Crippen molar-refractivity contribution in [2.75, 3.05) is 45.9 Å². The molecule has 0 bridgehead atoms. The van der Waals surface area contributed by atoms with Crippen molar-refractivity contribution in [1.29, 1.82) is 0 Å². The summed E-state index contributed by atoms with van der Waals surface area (Å²) in [7, 11) is 0. The fourth-order valence-electron chi connectivity index (χ4n) is 3.67. The summed E-state index contributed by atoms with van der Waals surface area (Å²) in [5.41, 5.74) is 5.37. The minimum Gasteiger partial charge on any atom is -0.369 e. The second kappa shape index (κ2) is 6.52. The molecule has 1 unspecified atom stereocenters. The normalized spacial score (nSPS) is 28.9. The zero-order valence-corrected chi connectivity index (χ0v) is 13.0. The monoisotopic (exact) mass is 311 g/mol. The van der Waals surface area contributed by atoms with Crippen LogP contribution in [0.3, 0.4) is 0 Å². The van der Waals surface area contributed by atoms with Gasteiger partial charge in [0.05, 0.1) is 32.2 Å². The highest BCUT2D eigenvalue weighted by atomic mass is 16.7. The van der Waals surface area contributed by atoms with Gasteiger partial charge in [-0.25, -0.2) is 0 Å². The van der Waals surface area contributed by atoms with E-state index >= 15 is 0 Å². The van der Waals surface area contributed by atoms with E-state index in [1.54, 1.807) is 4.90 Å². The minimum absolute atomic E-state index is 0.0704. The summed E-state index contributed by atoms with van der Waals surface area (Å²) in [5, 5.41) is 0. The predicted molar refractivity (Wildman–Crippen MR) is 78.8 cm³/mol. The third-order valence-electron chi connectivity index (χ3n) is 4.85. The van der Waals surface area contributed by atoms with E-state index in [9.17, 15) is 9.59 Å². The number of hydrogen-bond acceptors (Lipinski definition) is 5. The first kappa shape index (κ1) is 15.7. The van der Waals surface area contributed by atoms with E-state index in [0.717, 1.165) is 32.2 Å². The Labute approximate surface area is 130 Å². The number of nitrogens with two attached hydrogens (primary N) is 1. The first-order chi connectivity index (χ1) is 10.6. The lowest BCUT2D eigenvalue weighted by Crippen LogP contribution is -2.53. The summed E-state index contributed by atoms with van der Waals surface area (Å²) < 4.78 is 11.5. The molecular formula is C15H25N3O4. The van der Waals surface area contributed by atoms with E-state index in [1.807, 2.05) is 0 Å². The molecule has 3 fully saturated rings. The highest BCUT2D eigenvalue weighted by molar-refractivity contribution is 5.81. The van der Waals surface area contributed by atoms with Crippen molar-refractivity contribution in [2.45, 2.75) is 31.5 Å². The van der Waals surface area contributed by atoms with E-state index in [2.05, 4.69) is 4.90 Å². The fourth-order valence-corrected chi connectivity index (χ4v) is 3.67. The Morgan fingerprint density at radius 3 is 2.68 bits per heavy atom. The van der Waals surface area contributed by atoms with Gasteiger partial charge >= 0.3 is 0 Å². The van der Waals surface area contributed by atoms with Crippen LogP contribution < -0.4 is 5.73 Å². The van der Waals surface area contributed by atoms with Crippen LogP contribution in [0.2, 0.25) is 0 Å². The van der Waals surface area contributed by atoms with Crippen molar-refractivity contribution in [3.8, 4) is 0 Å². The van der Waals surface area contributed by atoms with E-state index in [4.69, 9.17) is 15.2 Å². The second-order valence-corrected chi connectivity index (χ2v) is 6.50. The number of amides is 2. The molecule has 0 radical (unpaired) electrons. The smallest absolute Gasteiger partial charge is 0.236 e. The number of rotatable bonds is 3. The van der Waals surface area contributed by atoms with Crippen LogP contribution in [0.4, 0.5) is 0 Å². The van der Waals surface area contributed by atoms with Gasteiger partial charge in [0.1, 0.15) is 0 Å². The SMILES string of the molecule is NC(=O)C1CCCN(C(=O)CN2CCCC3(C2)OCCO3)C1. The van der Waals surface area contributed by atoms with Gasteiger partial charge in [-0.15, -0.1) is 0 Å². The molecule has 7 nitrogen and oxygen atoms in total. The van der Waals surface area contributed by atoms with Crippen LogP contribution in [0, 0.1) is 5.92 Å². The van der Waals surface area contributed by atoms with Gasteiger partial charge in [0, 0.05) is 19.5 Å². The molecule has 3 aliphatic heterocycles. The first-order valence-electron chi connectivity index (χ1n) is 8.15. The predicted octanol–water partition coefficient (Wildman–Crippen LogP) is -0.451. The molecule has 0 aromatic carbocycles. The van der Waals surface area contributed by atoms with Crippen molar-refractivity contribution in [3.05, 3.63) is 0 Å². The van der Waals surface area contributed by atoms with Gasteiger partial charge in [-0.3, -0.25) is 14.5 Å². The molecule has 3 saturated heterocycles. The third kappa shape index (κ3) is 3.42. The van der Waals surface area contributed by atoms with Gasteiger partial charge in [-0.05, 0) is 25.8 Å². The Bertz CT molecular complexity index is 437. The molecular weight excluding hydrogens is 286 g/mol. The van der Waals surface area contributed by atoms with Crippen LogP contribution in [0.15, 0.2) is 0 Å². The summed E-state index contributed by atoms with van der Waals surface area (Å²) in [5.74, 6) is -0.939. The molecule has 0 aromatic heterocycles. The van der Waals surface area contributed by atoms with Crippen LogP contribution >= 0.6 is 0 Å². The Morgan fingerprint density at radius 1 is 1.18 bits per heavy atom.